The van der Waals surface area contributed by atoms with E-state index in [1.807, 2.05) is 30.3 Å². The number of fused-ring (bicyclic) bond motifs is 1. The zero-order valence-electron chi connectivity index (χ0n) is 20.6. The smallest absolute Gasteiger partial charge is 0.416 e. The first-order valence-corrected chi connectivity index (χ1v) is 12.0. The van der Waals surface area contributed by atoms with Gasteiger partial charge >= 0.3 is 12.1 Å². The van der Waals surface area contributed by atoms with Crippen LogP contribution in [-0.2, 0) is 12.7 Å². The van der Waals surface area contributed by atoms with Crippen molar-refractivity contribution < 1.29 is 32.7 Å². The van der Waals surface area contributed by atoms with Crippen molar-refractivity contribution in [3.05, 3.63) is 131 Å². The largest absolute Gasteiger partial charge is 0.478 e. The highest BCUT2D eigenvalue weighted by Gasteiger charge is 2.30. The maximum Gasteiger partial charge on any atom is 0.416 e. The van der Waals surface area contributed by atoms with Gasteiger partial charge in [-0.1, -0.05) is 54.6 Å². The van der Waals surface area contributed by atoms with Gasteiger partial charge in [-0.3, -0.25) is 14.0 Å². The van der Waals surface area contributed by atoms with Crippen molar-refractivity contribution in [1.29, 1.82) is 0 Å². The molecule has 3 aromatic carbocycles. The predicted molar refractivity (Wildman–Crippen MR) is 140 cm³/mol. The third-order valence-electron chi connectivity index (χ3n) is 6.31. The van der Waals surface area contributed by atoms with Gasteiger partial charge < -0.3 is 10.4 Å². The van der Waals surface area contributed by atoms with E-state index in [0.717, 1.165) is 29.8 Å². The molecule has 1 amide bonds. The third-order valence-corrected chi connectivity index (χ3v) is 6.31. The third kappa shape index (κ3) is 5.32. The Morgan fingerprint density at radius 3 is 2.08 bits per heavy atom. The molecule has 5 aromatic rings. The maximum atomic E-state index is 13.5. The van der Waals surface area contributed by atoms with Crippen molar-refractivity contribution >= 4 is 23.3 Å². The van der Waals surface area contributed by atoms with Crippen LogP contribution >= 0.6 is 0 Å². The number of carboxylic acid groups (broad SMARTS) is 1. The van der Waals surface area contributed by atoms with Crippen LogP contribution in [0, 0.1) is 0 Å². The SMILES string of the molecule is O=C(O)c1ccc(CNC(=O)c2cc(-c3ccccc3)cc3ncc(C(=O)c4ccc(C(F)(F)F)cc4)n23)cc1. The van der Waals surface area contributed by atoms with Crippen LogP contribution in [0.2, 0.25) is 0 Å². The van der Waals surface area contributed by atoms with Crippen LogP contribution in [0.15, 0.2) is 97.2 Å². The van der Waals surface area contributed by atoms with Gasteiger partial charge in [0.25, 0.3) is 5.91 Å². The molecular weight excluding hydrogens is 523 g/mol. The predicted octanol–water partition coefficient (Wildman–Crippen LogP) is 5.88. The fourth-order valence-corrected chi connectivity index (χ4v) is 4.23. The van der Waals surface area contributed by atoms with Crippen LogP contribution in [0.4, 0.5) is 13.2 Å². The van der Waals surface area contributed by atoms with Crippen molar-refractivity contribution in [2.45, 2.75) is 12.7 Å². The molecule has 0 fully saturated rings. The maximum absolute atomic E-state index is 13.5. The molecule has 0 saturated heterocycles. The van der Waals surface area contributed by atoms with E-state index >= 15 is 0 Å². The van der Waals surface area contributed by atoms with Gasteiger partial charge in [-0.2, -0.15) is 13.2 Å². The Morgan fingerprint density at radius 1 is 0.800 bits per heavy atom. The molecule has 0 unspecified atom stereocenters. The summed E-state index contributed by atoms with van der Waals surface area (Å²) in [6.07, 6.45) is -3.26. The standard InChI is InChI=1S/C30H20F3N3O4/c31-30(32,33)23-12-10-20(11-13-23)27(37)25-17-34-26-15-22(19-4-2-1-3-5-19)14-24(36(25)26)28(38)35-16-18-6-8-21(9-7-18)29(39)40/h1-15,17H,16H2,(H,35,38)(H,39,40). The van der Waals surface area contributed by atoms with E-state index in [1.54, 1.807) is 24.3 Å². The minimum atomic E-state index is -4.54. The lowest BCUT2D eigenvalue weighted by atomic mass is 10.0. The number of pyridine rings is 1. The summed E-state index contributed by atoms with van der Waals surface area (Å²) in [5.41, 5.74) is 1.75. The van der Waals surface area contributed by atoms with Crippen molar-refractivity contribution in [1.82, 2.24) is 14.7 Å². The molecule has 5 rings (SSSR count). The number of imidazole rings is 1. The van der Waals surface area contributed by atoms with Crippen molar-refractivity contribution in [2.75, 3.05) is 0 Å². The van der Waals surface area contributed by atoms with Gasteiger partial charge in [-0.05, 0) is 53.1 Å². The molecule has 0 atom stereocenters. The second kappa shape index (κ2) is 10.5. The molecular formula is C30H20F3N3O4. The number of ketones is 1. The number of benzene rings is 3. The lowest BCUT2D eigenvalue weighted by Crippen LogP contribution is -2.26. The van der Waals surface area contributed by atoms with Crippen molar-refractivity contribution in [3.8, 4) is 11.1 Å². The van der Waals surface area contributed by atoms with Gasteiger partial charge in [0, 0.05) is 12.1 Å². The highest BCUT2D eigenvalue weighted by Crippen LogP contribution is 2.30. The van der Waals surface area contributed by atoms with Crippen LogP contribution in [0.3, 0.4) is 0 Å². The summed E-state index contributed by atoms with van der Waals surface area (Å²) in [5, 5.41) is 11.9. The van der Waals surface area contributed by atoms with Crippen LogP contribution in [0.5, 0.6) is 0 Å². The molecule has 40 heavy (non-hydrogen) atoms. The lowest BCUT2D eigenvalue weighted by molar-refractivity contribution is -0.137. The number of halogens is 3. The monoisotopic (exact) mass is 543 g/mol. The summed E-state index contributed by atoms with van der Waals surface area (Å²) in [6, 6.07) is 22.4. The van der Waals surface area contributed by atoms with E-state index in [9.17, 15) is 27.6 Å². The molecule has 0 saturated carbocycles. The van der Waals surface area contributed by atoms with Gasteiger partial charge in [-0.25, -0.2) is 9.78 Å². The second-order valence-corrected chi connectivity index (χ2v) is 8.92. The highest BCUT2D eigenvalue weighted by atomic mass is 19.4. The number of hydrogen-bond acceptors (Lipinski definition) is 4. The number of aromatic carboxylic acids is 1. The molecule has 7 nitrogen and oxygen atoms in total. The van der Waals surface area contributed by atoms with Crippen LogP contribution < -0.4 is 5.32 Å². The molecule has 0 radical (unpaired) electrons. The Balaban J connectivity index is 1.53. The average molecular weight is 544 g/mol. The summed E-state index contributed by atoms with van der Waals surface area (Å²) in [6.45, 7) is 0.0761. The zero-order valence-corrected chi connectivity index (χ0v) is 20.6. The molecule has 0 aliphatic rings. The zero-order chi connectivity index (χ0) is 28.4. The fourth-order valence-electron chi connectivity index (χ4n) is 4.23. The topological polar surface area (TPSA) is 101 Å². The van der Waals surface area contributed by atoms with E-state index in [4.69, 9.17) is 5.11 Å². The quantitative estimate of drug-likeness (QED) is 0.250. The number of nitrogens with one attached hydrogen (secondary N) is 1. The number of amides is 1. The highest BCUT2D eigenvalue weighted by molar-refractivity contribution is 6.09. The first-order valence-electron chi connectivity index (χ1n) is 12.0. The summed E-state index contributed by atoms with van der Waals surface area (Å²) >= 11 is 0. The number of carbonyl (C=O) groups excluding carboxylic acids is 2. The number of alkyl halides is 3. The Hall–Kier alpha value is -5.25. The second-order valence-electron chi connectivity index (χ2n) is 8.92. The molecule has 0 spiro atoms. The molecule has 200 valence electrons. The molecule has 0 aliphatic carbocycles. The normalized spacial score (nSPS) is 11.4. The molecule has 2 N–H and O–H groups in total. The summed E-state index contributed by atoms with van der Waals surface area (Å²) < 4.78 is 40.4. The van der Waals surface area contributed by atoms with Crippen LogP contribution in [-0.4, -0.2) is 32.2 Å². The van der Waals surface area contributed by atoms with Gasteiger partial charge in [0.1, 0.15) is 17.0 Å². The van der Waals surface area contributed by atoms with E-state index in [1.165, 1.54) is 22.7 Å². The average Bonchev–Trinajstić information content (AvgIpc) is 3.39. The molecule has 10 heteroatoms. The first-order chi connectivity index (χ1) is 19.1. The molecule has 2 heterocycles. The van der Waals surface area contributed by atoms with Gasteiger partial charge in [0.05, 0.1) is 17.3 Å². The number of carboxylic acids is 1. The van der Waals surface area contributed by atoms with E-state index in [0.29, 0.717) is 16.8 Å². The minimum Gasteiger partial charge on any atom is -0.478 e. The summed E-state index contributed by atoms with van der Waals surface area (Å²) in [7, 11) is 0. The summed E-state index contributed by atoms with van der Waals surface area (Å²) in [5.74, 6) is -2.21. The fraction of sp³-hybridized carbons (Fsp3) is 0.0667. The molecule has 0 aliphatic heterocycles. The van der Waals surface area contributed by atoms with Gasteiger partial charge in [0.15, 0.2) is 0 Å². The van der Waals surface area contributed by atoms with Gasteiger partial charge in [-0.15, -0.1) is 0 Å². The Labute approximate surface area is 225 Å². The Morgan fingerprint density at radius 2 is 1.45 bits per heavy atom. The first kappa shape index (κ1) is 26.4. The van der Waals surface area contributed by atoms with E-state index < -0.39 is 29.4 Å². The van der Waals surface area contributed by atoms with Crippen LogP contribution in [0.25, 0.3) is 16.8 Å². The van der Waals surface area contributed by atoms with Crippen molar-refractivity contribution in [3.63, 3.8) is 0 Å². The lowest BCUT2D eigenvalue weighted by Gasteiger charge is -2.13. The van der Waals surface area contributed by atoms with Crippen molar-refractivity contribution in [2.24, 2.45) is 0 Å². The van der Waals surface area contributed by atoms with Gasteiger partial charge in [0.2, 0.25) is 5.78 Å². The minimum absolute atomic E-state index is 0.00494. The summed E-state index contributed by atoms with van der Waals surface area (Å²) in [4.78, 5) is 42.2. The number of rotatable bonds is 7. The molecule has 0 bridgehead atoms. The van der Waals surface area contributed by atoms with E-state index in [2.05, 4.69) is 10.3 Å². The number of carbonyl (C=O) groups is 3. The van der Waals surface area contributed by atoms with Crippen LogP contribution in [0.1, 0.15) is 48.0 Å². The Kier molecular flexibility index (Phi) is 6.91. The Bertz CT molecular complexity index is 1730. The number of hydrogen-bond donors (Lipinski definition) is 2. The van der Waals surface area contributed by atoms with E-state index in [-0.39, 0.29) is 29.1 Å². The number of nitrogens with zero attached hydrogens (tertiary/aromatic N) is 2. The molecule has 2 aromatic heterocycles. The number of aromatic nitrogens is 2.